The minimum absolute atomic E-state index is 0.251. The number of benzene rings is 1. The molecule has 1 aliphatic rings. The molecule has 0 saturated heterocycles. The maximum absolute atomic E-state index is 12.3. The highest BCUT2D eigenvalue weighted by molar-refractivity contribution is 6.02. The van der Waals surface area contributed by atoms with Crippen LogP contribution in [0.3, 0.4) is 0 Å². The van der Waals surface area contributed by atoms with E-state index < -0.39 is 11.6 Å². The molecule has 1 saturated carbocycles. The molecule has 1 aromatic carbocycles. The molecule has 1 aromatic rings. The number of carbonyl (C=O) groups is 2. The van der Waals surface area contributed by atoms with Gasteiger partial charge in [-0.05, 0) is 37.1 Å². The Morgan fingerprint density at radius 3 is 2.30 bits per heavy atom. The fourth-order valence-electron chi connectivity index (χ4n) is 2.46. The van der Waals surface area contributed by atoms with Gasteiger partial charge in [0.05, 0.1) is 0 Å². The summed E-state index contributed by atoms with van der Waals surface area (Å²) in [6, 6.07) is 6.23. The summed E-state index contributed by atoms with van der Waals surface area (Å²) in [5, 5.41) is 10.4. The third-order valence-electron chi connectivity index (χ3n) is 3.60. The van der Waals surface area contributed by atoms with E-state index in [1.165, 1.54) is 0 Å². The molecule has 0 aromatic heterocycles. The molecule has 4 heteroatoms. The van der Waals surface area contributed by atoms with Crippen molar-refractivity contribution < 1.29 is 19.4 Å². The normalized spacial score (nSPS) is 17.2. The van der Waals surface area contributed by atoms with Crippen LogP contribution in [0.1, 0.15) is 42.5 Å². The van der Waals surface area contributed by atoms with E-state index in [2.05, 4.69) is 6.58 Å². The largest absolute Gasteiger partial charge is 0.423 e. The number of ether oxygens (including phenoxy) is 1. The summed E-state index contributed by atoms with van der Waals surface area (Å²) in [5.41, 5.74) is -0.801. The van der Waals surface area contributed by atoms with Crippen LogP contribution in [0.25, 0.3) is 0 Å². The van der Waals surface area contributed by atoms with E-state index in [1.807, 2.05) is 0 Å². The van der Waals surface area contributed by atoms with Gasteiger partial charge in [-0.15, -0.1) is 0 Å². The van der Waals surface area contributed by atoms with Crippen molar-refractivity contribution >= 4 is 11.8 Å². The molecule has 1 fully saturated rings. The molecule has 0 bridgehead atoms. The van der Waals surface area contributed by atoms with E-state index in [0.717, 1.165) is 25.3 Å². The molecule has 4 nitrogen and oxygen atoms in total. The van der Waals surface area contributed by atoms with Crippen molar-refractivity contribution in [2.75, 3.05) is 0 Å². The van der Waals surface area contributed by atoms with E-state index in [4.69, 9.17) is 4.74 Å². The second-order valence-corrected chi connectivity index (χ2v) is 5.07. The Morgan fingerprint density at radius 2 is 1.75 bits per heavy atom. The molecule has 0 radical (unpaired) electrons. The van der Waals surface area contributed by atoms with Crippen LogP contribution in [0.2, 0.25) is 0 Å². The zero-order valence-electron chi connectivity index (χ0n) is 11.3. The standard InChI is InChI=1S/C16H18O4/c1-2-14(17)20-13-8-6-12(7-9-13)15(18)16(19)10-4-3-5-11-16/h2,6-9,19H,1,3-5,10-11H2. The van der Waals surface area contributed by atoms with Crippen molar-refractivity contribution in [3.8, 4) is 5.75 Å². The van der Waals surface area contributed by atoms with Gasteiger partial charge in [-0.2, -0.15) is 0 Å². The first-order chi connectivity index (χ1) is 9.55. The smallest absolute Gasteiger partial charge is 0.335 e. The lowest BCUT2D eigenvalue weighted by atomic mass is 9.79. The molecule has 0 spiro atoms. The van der Waals surface area contributed by atoms with E-state index in [9.17, 15) is 14.7 Å². The van der Waals surface area contributed by atoms with Crippen molar-refractivity contribution in [3.63, 3.8) is 0 Å². The van der Waals surface area contributed by atoms with Gasteiger partial charge in [0.1, 0.15) is 11.4 Å². The quantitative estimate of drug-likeness (QED) is 0.397. The zero-order chi connectivity index (χ0) is 14.6. The third kappa shape index (κ3) is 3.14. The lowest BCUT2D eigenvalue weighted by molar-refractivity contribution is -0.128. The molecule has 0 unspecified atom stereocenters. The van der Waals surface area contributed by atoms with Gasteiger partial charge in [-0.3, -0.25) is 4.79 Å². The molecular weight excluding hydrogens is 256 g/mol. The fourth-order valence-corrected chi connectivity index (χ4v) is 2.46. The molecule has 106 valence electrons. The average Bonchev–Trinajstić information content (AvgIpc) is 2.48. The van der Waals surface area contributed by atoms with Gasteiger partial charge in [0.25, 0.3) is 0 Å². The summed E-state index contributed by atoms with van der Waals surface area (Å²) in [4.78, 5) is 23.4. The molecule has 0 aliphatic heterocycles. The molecule has 0 heterocycles. The number of esters is 1. The Kier molecular flexibility index (Phi) is 4.35. The molecule has 2 rings (SSSR count). The highest BCUT2D eigenvalue weighted by atomic mass is 16.5. The topological polar surface area (TPSA) is 63.6 Å². The minimum Gasteiger partial charge on any atom is -0.423 e. The number of ketones is 1. The number of aliphatic hydroxyl groups is 1. The van der Waals surface area contributed by atoms with Gasteiger partial charge in [0.15, 0.2) is 5.78 Å². The number of rotatable bonds is 4. The third-order valence-corrected chi connectivity index (χ3v) is 3.60. The maximum atomic E-state index is 12.3. The molecule has 0 atom stereocenters. The van der Waals surface area contributed by atoms with Gasteiger partial charge in [0, 0.05) is 11.6 Å². The van der Waals surface area contributed by atoms with Crippen LogP contribution in [0, 0.1) is 0 Å². The molecular formula is C16H18O4. The predicted molar refractivity (Wildman–Crippen MR) is 74.6 cm³/mol. The van der Waals surface area contributed by atoms with Crippen LogP contribution < -0.4 is 4.74 Å². The summed E-state index contributed by atoms with van der Waals surface area (Å²) in [5.74, 6) is -0.448. The SMILES string of the molecule is C=CC(=O)Oc1ccc(C(=O)C2(O)CCCCC2)cc1. The number of Topliss-reactive ketones (excluding diaryl/α,β-unsaturated/α-hetero) is 1. The first-order valence-electron chi connectivity index (χ1n) is 6.77. The molecule has 0 amide bonds. The first-order valence-corrected chi connectivity index (χ1v) is 6.77. The van der Waals surface area contributed by atoms with Crippen LogP contribution in [0.5, 0.6) is 5.75 Å². The maximum Gasteiger partial charge on any atom is 0.335 e. The van der Waals surface area contributed by atoms with Crippen LogP contribution in [-0.2, 0) is 4.79 Å². The molecule has 1 aliphatic carbocycles. The number of hydrogen-bond acceptors (Lipinski definition) is 4. The summed E-state index contributed by atoms with van der Waals surface area (Å²) < 4.78 is 4.94. The first kappa shape index (κ1) is 14.5. The van der Waals surface area contributed by atoms with E-state index in [0.29, 0.717) is 24.2 Å². The highest BCUT2D eigenvalue weighted by Gasteiger charge is 2.37. The van der Waals surface area contributed by atoms with Crippen LogP contribution in [-0.4, -0.2) is 22.5 Å². The van der Waals surface area contributed by atoms with E-state index in [-0.39, 0.29) is 5.78 Å². The van der Waals surface area contributed by atoms with Crippen molar-refractivity contribution in [2.45, 2.75) is 37.7 Å². The highest BCUT2D eigenvalue weighted by Crippen LogP contribution is 2.31. The Balaban J connectivity index is 2.11. The minimum atomic E-state index is -1.24. The Morgan fingerprint density at radius 1 is 1.15 bits per heavy atom. The van der Waals surface area contributed by atoms with Gasteiger partial charge < -0.3 is 9.84 Å². The number of carbonyl (C=O) groups excluding carboxylic acids is 2. The summed E-state index contributed by atoms with van der Waals surface area (Å²) in [7, 11) is 0. The monoisotopic (exact) mass is 274 g/mol. The van der Waals surface area contributed by atoms with E-state index >= 15 is 0 Å². The van der Waals surface area contributed by atoms with Crippen molar-refractivity contribution in [2.24, 2.45) is 0 Å². The molecule has 20 heavy (non-hydrogen) atoms. The van der Waals surface area contributed by atoms with Crippen LogP contribution in [0.15, 0.2) is 36.9 Å². The summed E-state index contributed by atoms with van der Waals surface area (Å²) in [6.07, 6.45) is 4.91. The number of hydrogen-bond donors (Lipinski definition) is 1. The Labute approximate surface area is 118 Å². The zero-order valence-corrected chi connectivity index (χ0v) is 11.3. The average molecular weight is 274 g/mol. The fraction of sp³-hybridized carbons (Fsp3) is 0.375. The predicted octanol–water partition coefficient (Wildman–Crippen LogP) is 2.66. The lowest BCUT2D eigenvalue weighted by Gasteiger charge is -2.30. The summed E-state index contributed by atoms with van der Waals surface area (Å²) in [6.45, 7) is 3.31. The van der Waals surface area contributed by atoms with Gasteiger partial charge in [-0.1, -0.05) is 25.8 Å². The van der Waals surface area contributed by atoms with Gasteiger partial charge in [-0.25, -0.2) is 4.79 Å². The second-order valence-electron chi connectivity index (χ2n) is 5.07. The van der Waals surface area contributed by atoms with Gasteiger partial charge >= 0.3 is 5.97 Å². The van der Waals surface area contributed by atoms with E-state index in [1.54, 1.807) is 24.3 Å². The second kappa shape index (κ2) is 6.01. The Bertz CT molecular complexity index is 510. The van der Waals surface area contributed by atoms with Crippen molar-refractivity contribution in [3.05, 3.63) is 42.5 Å². The van der Waals surface area contributed by atoms with Crippen LogP contribution >= 0.6 is 0 Å². The molecule has 1 N–H and O–H groups in total. The van der Waals surface area contributed by atoms with Gasteiger partial charge in [0.2, 0.25) is 0 Å². The van der Waals surface area contributed by atoms with Crippen LogP contribution in [0.4, 0.5) is 0 Å². The summed E-state index contributed by atoms with van der Waals surface area (Å²) >= 11 is 0. The van der Waals surface area contributed by atoms with Crippen molar-refractivity contribution in [1.29, 1.82) is 0 Å². The van der Waals surface area contributed by atoms with Crippen molar-refractivity contribution in [1.82, 2.24) is 0 Å². The lowest BCUT2D eigenvalue weighted by Crippen LogP contribution is -2.40. The Hall–Kier alpha value is -1.94.